The zero-order valence-corrected chi connectivity index (χ0v) is 14.1. The van der Waals surface area contributed by atoms with E-state index in [1.54, 1.807) is 12.1 Å². The molecule has 124 valence electrons. The number of hydrogen-bond donors (Lipinski definition) is 0. The largest absolute Gasteiger partial charge is 0.269 e. The zero-order chi connectivity index (χ0) is 17.3. The molecule has 5 nitrogen and oxygen atoms in total. The fraction of sp³-hybridized carbons (Fsp3) is 0.316. The van der Waals surface area contributed by atoms with Gasteiger partial charge in [-0.25, -0.2) is 0 Å². The van der Waals surface area contributed by atoms with Crippen LogP contribution in [0.4, 0.5) is 11.4 Å². The smallest absolute Gasteiger partial charge is 0.258 e. The van der Waals surface area contributed by atoms with E-state index in [2.05, 4.69) is 32.9 Å². The van der Waals surface area contributed by atoms with Gasteiger partial charge in [0.05, 0.1) is 16.7 Å². The molecule has 1 aliphatic rings. The Kier molecular flexibility index (Phi) is 4.09. The molecule has 0 saturated heterocycles. The van der Waals surface area contributed by atoms with Crippen LogP contribution in [0.2, 0.25) is 0 Å². The summed E-state index contributed by atoms with van der Waals surface area (Å²) in [6, 6.07) is 17.0. The number of anilines is 1. The molecule has 3 rings (SSSR count). The molecule has 0 amide bonds. The van der Waals surface area contributed by atoms with Gasteiger partial charge in [0.25, 0.3) is 5.69 Å². The maximum absolute atomic E-state index is 10.9. The molecule has 2 aromatic rings. The number of rotatable bonds is 3. The fourth-order valence-corrected chi connectivity index (χ4v) is 2.87. The molecular formula is C19H21N3O2. The van der Waals surface area contributed by atoms with Crippen LogP contribution < -0.4 is 5.01 Å². The first kappa shape index (κ1) is 16.2. The van der Waals surface area contributed by atoms with Crippen LogP contribution in [0.5, 0.6) is 0 Å². The van der Waals surface area contributed by atoms with Crippen LogP contribution >= 0.6 is 0 Å². The van der Waals surface area contributed by atoms with Crippen LogP contribution in [0, 0.1) is 15.5 Å². The highest BCUT2D eigenvalue weighted by Crippen LogP contribution is 2.39. The molecular weight excluding hydrogens is 302 g/mol. The SMILES string of the molecule is CC(C)(C)C1=NN(c2ccc([N+](=O)[O-])cc2)[C@H](c2ccccc2)C1. The molecule has 5 heteroatoms. The summed E-state index contributed by atoms with van der Waals surface area (Å²) in [5, 5.41) is 17.7. The average molecular weight is 323 g/mol. The molecule has 1 heterocycles. The number of benzene rings is 2. The van der Waals surface area contributed by atoms with Crippen molar-refractivity contribution in [2.45, 2.75) is 33.2 Å². The summed E-state index contributed by atoms with van der Waals surface area (Å²) in [6.07, 6.45) is 0.852. The molecule has 0 aromatic heterocycles. The molecule has 1 atom stereocenters. The van der Waals surface area contributed by atoms with Crippen LogP contribution in [-0.2, 0) is 0 Å². The van der Waals surface area contributed by atoms with Crippen LogP contribution in [0.3, 0.4) is 0 Å². The topological polar surface area (TPSA) is 58.7 Å². The van der Waals surface area contributed by atoms with Gasteiger partial charge in [-0.05, 0) is 17.7 Å². The number of hydrazone groups is 1. The van der Waals surface area contributed by atoms with Gasteiger partial charge in [0, 0.05) is 29.7 Å². The lowest BCUT2D eigenvalue weighted by Crippen LogP contribution is -2.19. The molecule has 0 saturated carbocycles. The van der Waals surface area contributed by atoms with Gasteiger partial charge in [-0.15, -0.1) is 0 Å². The van der Waals surface area contributed by atoms with E-state index >= 15 is 0 Å². The molecule has 0 spiro atoms. The minimum Gasteiger partial charge on any atom is -0.258 e. The molecule has 1 aliphatic heterocycles. The van der Waals surface area contributed by atoms with Gasteiger partial charge in [-0.2, -0.15) is 5.10 Å². The monoisotopic (exact) mass is 323 g/mol. The normalized spacial score (nSPS) is 17.7. The third kappa shape index (κ3) is 3.15. The molecule has 0 N–H and O–H groups in total. The van der Waals surface area contributed by atoms with Gasteiger partial charge in [-0.1, -0.05) is 51.1 Å². The first-order chi connectivity index (χ1) is 11.4. The van der Waals surface area contributed by atoms with Gasteiger partial charge in [0.15, 0.2) is 0 Å². The lowest BCUT2D eigenvalue weighted by atomic mass is 9.86. The van der Waals surface area contributed by atoms with Crippen molar-refractivity contribution in [2.75, 3.05) is 5.01 Å². The summed E-state index contributed by atoms with van der Waals surface area (Å²) in [5.74, 6) is 0. The predicted molar refractivity (Wildman–Crippen MR) is 96.3 cm³/mol. The van der Waals surface area contributed by atoms with Crippen LogP contribution in [0.1, 0.15) is 38.8 Å². The molecule has 0 fully saturated rings. The average Bonchev–Trinajstić information content (AvgIpc) is 3.01. The van der Waals surface area contributed by atoms with Crippen molar-refractivity contribution in [3.05, 3.63) is 70.3 Å². The van der Waals surface area contributed by atoms with Crippen molar-refractivity contribution in [3.8, 4) is 0 Å². The van der Waals surface area contributed by atoms with E-state index in [1.165, 1.54) is 17.7 Å². The van der Waals surface area contributed by atoms with E-state index < -0.39 is 0 Å². The Balaban J connectivity index is 1.99. The summed E-state index contributed by atoms with van der Waals surface area (Å²) >= 11 is 0. The number of nitro benzene ring substituents is 1. The summed E-state index contributed by atoms with van der Waals surface area (Å²) < 4.78 is 0. The zero-order valence-electron chi connectivity index (χ0n) is 14.1. The number of nitrogens with zero attached hydrogens (tertiary/aromatic N) is 3. The summed E-state index contributed by atoms with van der Waals surface area (Å²) in [6.45, 7) is 6.48. The van der Waals surface area contributed by atoms with Gasteiger partial charge < -0.3 is 0 Å². The Morgan fingerprint density at radius 2 is 1.71 bits per heavy atom. The first-order valence-electron chi connectivity index (χ1n) is 8.03. The molecule has 0 unspecified atom stereocenters. The van der Waals surface area contributed by atoms with Gasteiger partial charge >= 0.3 is 0 Å². The second-order valence-corrected chi connectivity index (χ2v) is 7.05. The number of nitro groups is 1. The van der Waals surface area contributed by atoms with Gasteiger partial charge in [0.1, 0.15) is 0 Å². The highest BCUT2D eigenvalue weighted by molar-refractivity contribution is 5.93. The molecule has 2 aromatic carbocycles. The van der Waals surface area contributed by atoms with Crippen LogP contribution in [0.25, 0.3) is 0 Å². The van der Waals surface area contributed by atoms with Crippen molar-refractivity contribution in [1.29, 1.82) is 0 Å². The van der Waals surface area contributed by atoms with Crippen molar-refractivity contribution >= 4 is 17.1 Å². The Morgan fingerprint density at radius 1 is 1.08 bits per heavy atom. The van der Waals surface area contributed by atoms with E-state index in [-0.39, 0.29) is 22.1 Å². The van der Waals surface area contributed by atoms with Gasteiger partial charge in [0.2, 0.25) is 0 Å². The van der Waals surface area contributed by atoms with Crippen LogP contribution in [0.15, 0.2) is 59.7 Å². The number of non-ortho nitro benzene ring substituents is 1. The van der Waals surface area contributed by atoms with Crippen molar-refractivity contribution in [2.24, 2.45) is 10.5 Å². The highest BCUT2D eigenvalue weighted by Gasteiger charge is 2.34. The Morgan fingerprint density at radius 3 is 2.25 bits per heavy atom. The van der Waals surface area contributed by atoms with Crippen molar-refractivity contribution < 1.29 is 4.92 Å². The molecule has 0 aliphatic carbocycles. The summed E-state index contributed by atoms with van der Waals surface area (Å²) in [7, 11) is 0. The van der Waals surface area contributed by atoms with Crippen molar-refractivity contribution in [1.82, 2.24) is 0 Å². The highest BCUT2D eigenvalue weighted by atomic mass is 16.6. The lowest BCUT2D eigenvalue weighted by molar-refractivity contribution is -0.384. The standard InChI is InChI=1S/C19H21N3O2/c1-19(2,3)18-13-17(14-7-5-4-6-8-14)21(20-18)15-9-11-16(12-10-15)22(23)24/h4-12,17H,13H2,1-3H3/t17-/m0/s1. The van der Waals surface area contributed by atoms with E-state index in [9.17, 15) is 10.1 Å². The summed E-state index contributed by atoms with van der Waals surface area (Å²) in [4.78, 5) is 10.5. The Hall–Kier alpha value is -2.69. The molecule has 0 radical (unpaired) electrons. The quantitative estimate of drug-likeness (QED) is 0.593. The maximum atomic E-state index is 10.9. The maximum Gasteiger partial charge on any atom is 0.269 e. The van der Waals surface area contributed by atoms with Crippen molar-refractivity contribution in [3.63, 3.8) is 0 Å². The van der Waals surface area contributed by atoms with E-state index in [4.69, 9.17) is 5.10 Å². The Bertz CT molecular complexity index is 761. The predicted octanol–water partition coefficient (Wildman–Crippen LogP) is 4.95. The third-order valence-corrected chi connectivity index (χ3v) is 4.29. The second-order valence-electron chi connectivity index (χ2n) is 7.05. The molecule has 24 heavy (non-hydrogen) atoms. The van der Waals surface area contributed by atoms with Gasteiger partial charge in [-0.3, -0.25) is 15.1 Å². The van der Waals surface area contributed by atoms with Crippen LogP contribution in [-0.4, -0.2) is 10.6 Å². The summed E-state index contributed by atoms with van der Waals surface area (Å²) in [5.41, 5.74) is 3.28. The minimum atomic E-state index is -0.383. The van der Waals surface area contributed by atoms with E-state index in [0.29, 0.717) is 0 Å². The number of hydrogen-bond acceptors (Lipinski definition) is 4. The second kappa shape index (κ2) is 6.07. The fourth-order valence-electron chi connectivity index (χ4n) is 2.87. The lowest BCUT2D eigenvalue weighted by Gasteiger charge is -2.24. The minimum absolute atomic E-state index is 0.0114. The first-order valence-corrected chi connectivity index (χ1v) is 8.03. The van der Waals surface area contributed by atoms with E-state index in [0.717, 1.165) is 17.8 Å². The molecule has 0 bridgehead atoms. The van der Waals surface area contributed by atoms with E-state index in [1.807, 2.05) is 23.2 Å². The Labute approximate surface area is 141 Å². The third-order valence-electron chi connectivity index (χ3n) is 4.29.